The van der Waals surface area contributed by atoms with Gasteiger partial charge in [-0.3, -0.25) is 9.69 Å². The number of amides is 1. The van der Waals surface area contributed by atoms with Crippen molar-refractivity contribution in [1.29, 1.82) is 0 Å². The normalized spacial score (nSPS) is 20.8. The molecule has 1 atom stereocenters. The Labute approximate surface area is 153 Å². The summed E-state index contributed by atoms with van der Waals surface area (Å²) >= 11 is 0. The number of hydrogen-bond acceptors (Lipinski definition) is 4. The van der Waals surface area contributed by atoms with Crippen LogP contribution in [0.5, 0.6) is 0 Å². The Morgan fingerprint density at radius 1 is 1.08 bits per heavy atom. The highest BCUT2D eigenvalue weighted by Gasteiger charge is 2.33. The first-order valence-corrected chi connectivity index (χ1v) is 10.6. The molecule has 0 unspecified atom stereocenters. The molecule has 1 saturated heterocycles. The average molecular weight is 370 g/mol. The zero-order valence-corrected chi connectivity index (χ0v) is 15.5. The molecule has 1 amide bonds. The lowest BCUT2D eigenvalue weighted by molar-refractivity contribution is -0.122. The lowest BCUT2D eigenvalue weighted by atomic mass is 10.1. The minimum atomic E-state index is -2.95. The van der Waals surface area contributed by atoms with Crippen LogP contribution in [0.25, 0.3) is 11.1 Å². The standard InChI is InChI=1S/C20H22N2O3S/c1-22(14-10-11-26(24,25)13-14)12-19(23)21-20-17-8-4-2-6-15(17)16-7-3-5-9-18(16)20/h2-9,14,20H,10-13H2,1H3,(H,21,23)/t14-/m1/s1. The molecule has 0 radical (unpaired) electrons. The summed E-state index contributed by atoms with van der Waals surface area (Å²) < 4.78 is 23.3. The summed E-state index contributed by atoms with van der Waals surface area (Å²) in [7, 11) is -1.13. The predicted octanol–water partition coefficient (Wildman–Crippen LogP) is 1.99. The number of likely N-dealkylation sites (N-methyl/N-ethyl adjacent to an activating group) is 1. The molecule has 0 saturated carbocycles. The Balaban J connectivity index is 1.50. The quantitative estimate of drug-likeness (QED) is 0.894. The van der Waals surface area contributed by atoms with Gasteiger partial charge in [-0.15, -0.1) is 0 Å². The van der Waals surface area contributed by atoms with Crippen LogP contribution in [-0.4, -0.2) is 50.4 Å². The van der Waals surface area contributed by atoms with E-state index in [0.717, 1.165) is 22.3 Å². The third-order valence-electron chi connectivity index (χ3n) is 5.36. The van der Waals surface area contributed by atoms with Gasteiger partial charge in [0.25, 0.3) is 0 Å². The van der Waals surface area contributed by atoms with E-state index in [-0.39, 0.29) is 36.0 Å². The van der Waals surface area contributed by atoms with Gasteiger partial charge in [-0.1, -0.05) is 48.5 Å². The molecule has 4 rings (SSSR count). The van der Waals surface area contributed by atoms with Crippen molar-refractivity contribution in [2.24, 2.45) is 0 Å². The second kappa shape index (κ2) is 6.52. The van der Waals surface area contributed by atoms with Crippen molar-refractivity contribution < 1.29 is 13.2 Å². The number of hydrogen-bond donors (Lipinski definition) is 1. The largest absolute Gasteiger partial charge is 0.344 e. The van der Waals surface area contributed by atoms with Gasteiger partial charge in [0, 0.05) is 6.04 Å². The number of sulfone groups is 1. The fourth-order valence-corrected chi connectivity index (χ4v) is 5.80. The second-order valence-electron chi connectivity index (χ2n) is 7.15. The van der Waals surface area contributed by atoms with Gasteiger partial charge >= 0.3 is 0 Å². The molecule has 5 nitrogen and oxygen atoms in total. The van der Waals surface area contributed by atoms with Crippen LogP contribution in [0.15, 0.2) is 48.5 Å². The minimum Gasteiger partial charge on any atom is -0.344 e. The highest BCUT2D eigenvalue weighted by Crippen LogP contribution is 2.42. The van der Waals surface area contributed by atoms with E-state index in [0.29, 0.717) is 6.42 Å². The van der Waals surface area contributed by atoms with Crippen LogP contribution in [0.1, 0.15) is 23.6 Å². The van der Waals surface area contributed by atoms with Crippen molar-refractivity contribution in [1.82, 2.24) is 10.2 Å². The molecule has 2 aromatic carbocycles. The summed E-state index contributed by atoms with van der Waals surface area (Å²) in [5.74, 6) is 0.270. The SMILES string of the molecule is CN(CC(=O)NC1c2ccccc2-c2ccccc21)[C@@H]1CCS(=O)(=O)C1. The Kier molecular flexibility index (Phi) is 4.32. The monoisotopic (exact) mass is 370 g/mol. The van der Waals surface area contributed by atoms with Crippen molar-refractivity contribution in [2.45, 2.75) is 18.5 Å². The molecular formula is C20H22N2O3S. The number of fused-ring (bicyclic) bond motifs is 3. The van der Waals surface area contributed by atoms with E-state index in [4.69, 9.17) is 0 Å². The Hall–Kier alpha value is -2.18. The predicted molar refractivity (Wildman–Crippen MR) is 102 cm³/mol. The van der Waals surface area contributed by atoms with Gasteiger partial charge in [0.05, 0.1) is 24.1 Å². The number of carbonyl (C=O) groups is 1. The van der Waals surface area contributed by atoms with E-state index < -0.39 is 9.84 Å². The van der Waals surface area contributed by atoms with E-state index in [1.807, 2.05) is 48.3 Å². The highest BCUT2D eigenvalue weighted by atomic mass is 32.2. The van der Waals surface area contributed by atoms with Gasteiger partial charge in [-0.2, -0.15) is 0 Å². The number of nitrogens with one attached hydrogen (secondary N) is 1. The van der Waals surface area contributed by atoms with Crippen molar-refractivity contribution in [3.05, 3.63) is 59.7 Å². The number of carbonyl (C=O) groups excluding carboxylic acids is 1. The van der Waals surface area contributed by atoms with E-state index in [1.54, 1.807) is 0 Å². The van der Waals surface area contributed by atoms with Crippen LogP contribution in [0.4, 0.5) is 0 Å². The maximum absolute atomic E-state index is 12.6. The fourth-order valence-electron chi connectivity index (χ4n) is 4.00. The topological polar surface area (TPSA) is 66.5 Å². The van der Waals surface area contributed by atoms with Crippen molar-refractivity contribution in [3.63, 3.8) is 0 Å². The van der Waals surface area contributed by atoms with Crippen LogP contribution < -0.4 is 5.32 Å². The summed E-state index contributed by atoms with van der Waals surface area (Å²) in [6.07, 6.45) is 0.598. The molecule has 1 aliphatic carbocycles. The molecule has 1 aliphatic heterocycles. The second-order valence-corrected chi connectivity index (χ2v) is 9.38. The first kappa shape index (κ1) is 17.2. The molecule has 0 spiro atoms. The van der Waals surface area contributed by atoms with Gasteiger partial charge < -0.3 is 5.32 Å². The number of rotatable bonds is 4. The maximum atomic E-state index is 12.6. The molecule has 0 aromatic heterocycles. The smallest absolute Gasteiger partial charge is 0.234 e. The van der Waals surface area contributed by atoms with E-state index in [9.17, 15) is 13.2 Å². The molecule has 1 heterocycles. The van der Waals surface area contributed by atoms with Crippen LogP contribution in [0.3, 0.4) is 0 Å². The molecule has 1 fully saturated rings. The molecule has 26 heavy (non-hydrogen) atoms. The average Bonchev–Trinajstić information content (AvgIpc) is 3.14. The summed E-state index contributed by atoms with van der Waals surface area (Å²) in [5.41, 5.74) is 4.52. The Morgan fingerprint density at radius 2 is 1.65 bits per heavy atom. The Bertz CT molecular complexity index is 910. The van der Waals surface area contributed by atoms with Gasteiger partial charge in [0.2, 0.25) is 5.91 Å². The number of benzene rings is 2. The zero-order chi connectivity index (χ0) is 18.3. The molecule has 1 N–H and O–H groups in total. The molecule has 136 valence electrons. The maximum Gasteiger partial charge on any atom is 0.234 e. The van der Waals surface area contributed by atoms with Crippen molar-refractivity contribution >= 4 is 15.7 Å². The summed E-state index contributed by atoms with van der Waals surface area (Å²) in [6.45, 7) is 0.195. The first-order chi connectivity index (χ1) is 12.4. The third kappa shape index (κ3) is 3.15. The van der Waals surface area contributed by atoms with E-state index in [2.05, 4.69) is 17.4 Å². The van der Waals surface area contributed by atoms with Gasteiger partial charge in [-0.05, 0) is 35.7 Å². The van der Waals surface area contributed by atoms with Crippen LogP contribution in [0.2, 0.25) is 0 Å². The van der Waals surface area contributed by atoms with E-state index in [1.165, 1.54) is 0 Å². The van der Waals surface area contributed by atoms with Crippen molar-refractivity contribution in [2.75, 3.05) is 25.1 Å². The van der Waals surface area contributed by atoms with Gasteiger partial charge in [0.1, 0.15) is 0 Å². The van der Waals surface area contributed by atoms with Gasteiger partial charge in [-0.25, -0.2) is 8.42 Å². The first-order valence-electron chi connectivity index (χ1n) is 8.83. The zero-order valence-electron chi connectivity index (χ0n) is 14.7. The molecule has 2 aliphatic rings. The summed E-state index contributed by atoms with van der Waals surface area (Å²) in [6, 6.07) is 16.0. The van der Waals surface area contributed by atoms with Crippen LogP contribution in [-0.2, 0) is 14.6 Å². The Morgan fingerprint density at radius 3 is 2.19 bits per heavy atom. The number of nitrogens with zero attached hydrogens (tertiary/aromatic N) is 1. The third-order valence-corrected chi connectivity index (χ3v) is 7.11. The fraction of sp³-hybridized carbons (Fsp3) is 0.350. The molecule has 0 bridgehead atoms. The molecule has 6 heteroatoms. The van der Waals surface area contributed by atoms with Gasteiger partial charge in [0.15, 0.2) is 9.84 Å². The van der Waals surface area contributed by atoms with Crippen LogP contribution >= 0.6 is 0 Å². The summed E-state index contributed by atoms with van der Waals surface area (Å²) in [4.78, 5) is 14.5. The van der Waals surface area contributed by atoms with Crippen LogP contribution in [0, 0.1) is 0 Å². The van der Waals surface area contributed by atoms with Crippen molar-refractivity contribution in [3.8, 4) is 11.1 Å². The lowest BCUT2D eigenvalue weighted by Gasteiger charge is -2.24. The van der Waals surface area contributed by atoms with E-state index >= 15 is 0 Å². The molecular weight excluding hydrogens is 348 g/mol. The lowest BCUT2D eigenvalue weighted by Crippen LogP contribution is -2.42. The molecule has 2 aromatic rings. The highest BCUT2D eigenvalue weighted by molar-refractivity contribution is 7.91. The summed E-state index contributed by atoms with van der Waals surface area (Å²) in [5, 5.41) is 3.14. The minimum absolute atomic E-state index is 0.0751.